The molecule has 0 aromatic heterocycles. The van der Waals surface area contributed by atoms with Gasteiger partial charge in [0, 0.05) is 5.56 Å². The third-order valence-electron chi connectivity index (χ3n) is 4.37. The zero-order valence-electron chi connectivity index (χ0n) is 17.0. The van der Waals surface area contributed by atoms with Crippen LogP contribution in [-0.4, -0.2) is 23.8 Å². The minimum atomic E-state index is -0.717. The van der Waals surface area contributed by atoms with Gasteiger partial charge in [0.15, 0.2) is 5.78 Å². The number of ketones is 1. The molecule has 0 unspecified atom stereocenters. The molecule has 0 radical (unpaired) electrons. The van der Waals surface area contributed by atoms with Gasteiger partial charge in [-0.15, -0.1) is 0 Å². The Morgan fingerprint density at radius 3 is 2.20 bits per heavy atom. The van der Waals surface area contributed by atoms with E-state index in [1.54, 1.807) is 50.2 Å². The fourth-order valence-electron chi connectivity index (χ4n) is 2.97. The number of fused-ring (bicyclic) bond motifs is 1. The zero-order chi connectivity index (χ0) is 21.7. The van der Waals surface area contributed by atoms with E-state index >= 15 is 0 Å². The third-order valence-corrected chi connectivity index (χ3v) is 4.37. The molecule has 0 aliphatic heterocycles. The van der Waals surface area contributed by atoms with Crippen molar-refractivity contribution in [2.24, 2.45) is 0 Å². The highest BCUT2D eigenvalue weighted by Crippen LogP contribution is 2.31. The lowest BCUT2D eigenvalue weighted by molar-refractivity contribution is -0.143. The van der Waals surface area contributed by atoms with Crippen molar-refractivity contribution in [2.75, 3.05) is 0 Å². The van der Waals surface area contributed by atoms with Crippen LogP contribution in [-0.2, 0) is 14.3 Å². The van der Waals surface area contributed by atoms with Gasteiger partial charge in [-0.05, 0) is 55.8 Å². The maximum Gasteiger partial charge on any atom is 0.343 e. The second kappa shape index (κ2) is 9.18. The summed E-state index contributed by atoms with van der Waals surface area (Å²) in [5.74, 6) is -1.44. The van der Waals surface area contributed by atoms with Crippen LogP contribution >= 0.6 is 0 Å². The fourth-order valence-corrected chi connectivity index (χ4v) is 2.97. The van der Waals surface area contributed by atoms with Gasteiger partial charge in [-0.1, -0.05) is 48.5 Å². The molecule has 30 heavy (non-hydrogen) atoms. The molecule has 5 heteroatoms. The first-order chi connectivity index (χ1) is 14.4. The molecule has 0 aliphatic carbocycles. The van der Waals surface area contributed by atoms with Crippen LogP contribution < -0.4 is 4.74 Å². The summed E-state index contributed by atoms with van der Waals surface area (Å²) in [6, 6.07) is 19.5. The van der Waals surface area contributed by atoms with Crippen LogP contribution in [0.25, 0.3) is 16.8 Å². The minimum Gasteiger partial charge on any atom is -0.459 e. The van der Waals surface area contributed by atoms with Crippen LogP contribution in [0.2, 0.25) is 0 Å². The molecule has 0 atom stereocenters. The fraction of sp³-hybridized carbons (Fsp3) is 0.160. The first kappa shape index (κ1) is 21.0. The highest BCUT2D eigenvalue weighted by atomic mass is 16.5. The van der Waals surface area contributed by atoms with Crippen molar-refractivity contribution in [1.29, 1.82) is 0 Å². The molecule has 0 N–H and O–H groups in total. The van der Waals surface area contributed by atoms with Gasteiger partial charge in [0.25, 0.3) is 0 Å². The molecule has 0 amide bonds. The van der Waals surface area contributed by atoms with Crippen LogP contribution in [0, 0.1) is 0 Å². The smallest absolute Gasteiger partial charge is 0.343 e. The Balaban J connectivity index is 2.13. The maximum atomic E-state index is 12.6. The molecule has 152 valence electrons. The summed E-state index contributed by atoms with van der Waals surface area (Å²) in [7, 11) is 0. The number of esters is 2. The van der Waals surface area contributed by atoms with E-state index in [0.29, 0.717) is 11.1 Å². The molecule has 3 rings (SSSR count). The SMILES string of the molecule is CC(=O)C(=Cc1c(OC(=O)c2ccccc2)ccc2ccccc12)C(=O)OC(C)C. The molecule has 5 nitrogen and oxygen atoms in total. The van der Waals surface area contributed by atoms with Gasteiger partial charge in [0.1, 0.15) is 11.3 Å². The van der Waals surface area contributed by atoms with Crippen molar-refractivity contribution in [3.63, 3.8) is 0 Å². The largest absolute Gasteiger partial charge is 0.459 e. The predicted molar refractivity (Wildman–Crippen MR) is 115 cm³/mol. The molecule has 3 aromatic carbocycles. The second-order valence-corrected chi connectivity index (χ2v) is 7.02. The maximum absolute atomic E-state index is 12.6. The quantitative estimate of drug-likeness (QED) is 0.191. The monoisotopic (exact) mass is 402 g/mol. The van der Waals surface area contributed by atoms with Crippen LogP contribution in [0.1, 0.15) is 36.7 Å². The molecule has 0 aliphatic rings. The summed E-state index contributed by atoms with van der Waals surface area (Å²) in [4.78, 5) is 37.3. The molecule has 0 fully saturated rings. The lowest BCUT2D eigenvalue weighted by atomic mass is 10.00. The Labute approximate surface area is 174 Å². The molecule has 0 bridgehead atoms. The summed E-state index contributed by atoms with van der Waals surface area (Å²) in [5, 5.41) is 1.62. The number of ether oxygens (including phenoxy) is 2. The number of rotatable bonds is 6. The number of carbonyl (C=O) groups excluding carboxylic acids is 3. The Kier molecular flexibility index (Phi) is 6.42. The van der Waals surface area contributed by atoms with E-state index in [-0.39, 0.29) is 17.4 Å². The molecular weight excluding hydrogens is 380 g/mol. The average Bonchev–Trinajstić information content (AvgIpc) is 2.72. The van der Waals surface area contributed by atoms with Gasteiger partial charge < -0.3 is 9.47 Å². The summed E-state index contributed by atoms with van der Waals surface area (Å²) < 4.78 is 10.8. The average molecular weight is 402 g/mol. The molecule has 0 saturated carbocycles. The lowest BCUT2D eigenvalue weighted by Crippen LogP contribution is -2.18. The summed E-state index contributed by atoms with van der Waals surface area (Å²) in [6.45, 7) is 4.72. The van der Waals surface area contributed by atoms with Gasteiger partial charge in [0.05, 0.1) is 11.7 Å². The van der Waals surface area contributed by atoms with Crippen molar-refractivity contribution in [3.05, 3.63) is 83.4 Å². The van der Waals surface area contributed by atoms with Crippen LogP contribution in [0.15, 0.2) is 72.3 Å². The van der Waals surface area contributed by atoms with Gasteiger partial charge >= 0.3 is 11.9 Å². The molecule has 0 spiro atoms. The van der Waals surface area contributed by atoms with Gasteiger partial charge in [0.2, 0.25) is 0 Å². The molecule has 3 aromatic rings. The summed E-state index contributed by atoms with van der Waals surface area (Å²) >= 11 is 0. The van der Waals surface area contributed by atoms with Crippen LogP contribution in [0.4, 0.5) is 0 Å². The third kappa shape index (κ3) is 4.81. The number of benzene rings is 3. The summed E-state index contributed by atoms with van der Waals surface area (Å²) in [5.41, 5.74) is 0.743. The predicted octanol–water partition coefficient (Wildman–Crippen LogP) is 4.98. The summed E-state index contributed by atoms with van der Waals surface area (Å²) in [6.07, 6.45) is 1.06. The first-order valence-electron chi connectivity index (χ1n) is 9.59. The van der Waals surface area contributed by atoms with E-state index in [1.165, 1.54) is 13.0 Å². The van der Waals surface area contributed by atoms with E-state index in [4.69, 9.17) is 9.47 Å². The van der Waals surface area contributed by atoms with Gasteiger partial charge in [-0.3, -0.25) is 4.79 Å². The van der Waals surface area contributed by atoms with E-state index in [2.05, 4.69) is 0 Å². The Hall–Kier alpha value is -3.73. The highest BCUT2D eigenvalue weighted by molar-refractivity contribution is 6.20. The topological polar surface area (TPSA) is 69.7 Å². The van der Waals surface area contributed by atoms with Crippen LogP contribution in [0.3, 0.4) is 0 Å². The lowest BCUT2D eigenvalue weighted by Gasteiger charge is -2.13. The van der Waals surface area contributed by atoms with Crippen molar-refractivity contribution in [1.82, 2.24) is 0 Å². The van der Waals surface area contributed by atoms with Crippen molar-refractivity contribution in [3.8, 4) is 5.75 Å². The standard InChI is InChI=1S/C25H22O5/c1-16(2)29-25(28)21(17(3)26)15-22-20-12-8-7-9-18(20)13-14-23(22)30-24(27)19-10-5-4-6-11-19/h4-16H,1-3H3. The van der Waals surface area contributed by atoms with Crippen LogP contribution in [0.5, 0.6) is 5.75 Å². The van der Waals surface area contributed by atoms with E-state index in [0.717, 1.165) is 10.8 Å². The normalized spacial score (nSPS) is 11.4. The Morgan fingerprint density at radius 1 is 0.867 bits per heavy atom. The molecular formula is C25H22O5. The minimum absolute atomic E-state index is 0.114. The number of Topliss-reactive ketones (excluding diaryl/α,β-unsaturated/α-hetero) is 1. The number of carbonyl (C=O) groups is 3. The molecule has 0 saturated heterocycles. The first-order valence-corrected chi connectivity index (χ1v) is 9.59. The van der Waals surface area contributed by atoms with Crippen molar-refractivity contribution in [2.45, 2.75) is 26.9 Å². The van der Waals surface area contributed by atoms with E-state index in [1.807, 2.05) is 30.3 Å². The van der Waals surface area contributed by atoms with E-state index in [9.17, 15) is 14.4 Å². The zero-order valence-corrected chi connectivity index (χ0v) is 17.0. The highest BCUT2D eigenvalue weighted by Gasteiger charge is 2.20. The Morgan fingerprint density at radius 2 is 1.53 bits per heavy atom. The van der Waals surface area contributed by atoms with Gasteiger partial charge in [-0.2, -0.15) is 0 Å². The van der Waals surface area contributed by atoms with Gasteiger partial charge in [-0.25, -0.2) is 9.59 Å². The van der Waals surface area contributed by atoms with E-state index < -0.39 is 17.7 Å². The number of hydrogen-bond donors (Lipinski definition) is 0. The molecule has 0 heterocycles. The number of hydrogen-bond acceptors (Lipinski definition) is 5. The van der Waals surface area contributed by atoms with Crippen molar-refractivity contribution < 1.29 is 23.9 Å². The Bertz CT molecular complexity index is 1130. The van der Waals surface area contributed by atoms with Crippen molar-refractivity contribution >= 4 is 34.6 Å². The second-order valence-electron chi connectivity index (χ2n) is 7.02.